The van der Waals surface area contributed by atoms with E-state index in [1.54, 1.807) is 14.2 Å². The molecule has 0 radical (unpaired) electrons. The van der Waals surface area contributed by atoms with Crippen molar-refractivity contribution in [2.45, 2.75) is 57.0 Å². The van der Waals surface area contributed by atoms with Crippen LogP contribution in [-0.2, 0) is 20.5 Å². The van der Waals surface area contributed by atoms with Crippen molar-refractivity contribution >= 4 is 16.7 Å². The fourth-order valence-corrected chi connectivity index (χ4v) is 2.45. The summed E-state index contributed by atoms with van der Waals surface area (Å²) in [5, 5.41) is 0. The molecule has 0 amide bonds. The number of hydrogen-bond acceptors (Lipinski definition) is 3. The number of ether oxygens (including phenoxy) is 2. The maximum atomic E-state index is 11.9. The maximum Gasteiger partial charge on any atom is 0.168 e. The van der Waals surface area contributed by atoms with Crippen LogP contribution in [0.25, 0.3) is 0 Å². The summed E-state index contributed by atoms with van der Waals surface area (Å²) in [7, 11) is 2.17. The van der Waals surface area contributed by atoms with Crippen molar-refractivity contribution < 1.29 is 13.7 Å². The van der Waals surface area contributed by atoms with Crippen LogP contribution >= 0.6 is 0 Å². The molecule has 0 aromatic rings. The molecular weight excluding hydrogens is 238 g/mol. The van der Waals surface area contributed by atoms with E-state index >= 15 is 0 Å². The molecule has 0 N–H and O–H groups in total. The van der Waals surface area contributed by atoms with Crippen molar-refractivity contribution in [2.24, 2.45) is 4.40 Å². The van der Waals surface area contributed by atoms with Gasteiger partial charge in [0.25, 0.3) is 0 Å². The molecule has 4 nitrogen and oxygen atoms in total. The van der Waals surface area contributed by atoms with Crippen LogP contribution in [0, 0.1) is 0 Å². The highest BCUT2D eigenvalue weighted by Gasteiger charge is 2.34. The van der Waals surface area contributed by atoms with Crippen molar-refractivity contribution in [3.8, 4) is 0 Å². The largest absolute Gasteiger partial charge is 0.353 e. The zero-order chi connectivity index (χ0) is 13.1. The van der Waals surface area contributed by atoms with Gasteiger partial charge in [-0.15, -0.1) is 0 Å². The SMILES string of the molecule is COC1(OC)CCC(=NS(=O)C(C)(C)C)CC1. The molecule has 0 saturated heterocycles. The average molecular weight is 261 g/mol. The monoisotopic (exact) mass is 261 g/mol. The molecule has 1 fully saturated rings. The van der Waals surface area contributed by atoms with Gasteiger partial charge in [0.2, 0.25) is 0 Å². The van der Waals surface area contributed by atoms with Crippen LogP contribution in [0.15, 0.2) is 4.40 Å². The van der Waals surface area contributed by atoms with Crippen molar-refractivity contribution in [1.29, 1.82) is 0 Å². The molecule has 5 heteroatoms. The van der Waals surface area contributed by atoms with E-state index in [1.807, 2.05) is 20.8 Å². The minimum absolute atomic E-state index is 0.288. The number of hydrogen-bond donors (Lipinski definition) is 0. The number of nitrogens with zero attached hydrogens (tertiary/aromatic N) is 1. The van der Waals surface area contributed by atoms with Crippen LogP contribution in [0.1, 0.15) is 46.5 Å². The zero-order valence-electron chi connectivity index (χ0n) is 11.4. The third-order valence-corrected chi connectivity index (χ3v) is 4.54. The summed E-state index contributed by atoms with van der Waals surface area (Å²) < 4.78 is 26.7. The lowest BCUT2D eigenvalue weighted by molar-refractivity contribution is -0.215. The van der Waals surface area contributed by atoms with E-state index in [-0.39, 0.29) is 4.75 Å². The highest BCUT2D eigenvalue weighted by atomic mass is 32.2. The quantitative estimate of drug-likeness (QED) is 0.733. The van der Waals surface area contributed by atoms with Gasteiger partial charge in [-0.25, -0.2) is 4.21 Å². The average Bonchev–Trinajstić information content (AvgIpc) is 2.29. The second kappa shape index (κ2) is 5.59. The smallest absolute Gasteiger partial charge is 0.168 e. The van der Waals surface area contributed by atoms with Crippen LogP contribution in [0.3, 0.4) is 0 Å². The summed E-state index contributed by atoms with van der Waals surface area (Å²) in [6.07, 6.45) is 3.15. The lowest BCUT2D eigenvalue weighted by Gasteiger charge is -2.34. The molecule has 1 rings (SSSR count). The summed E-state index contributed by atoms with van der Waals surface area (Å²) >= 11 is 0. The second-order valence-electron chi connectivity index (χ2n) is 5.34. The van der Waals surface area contributed by atoms with Crippen LogP contribution < -0.4 is 0 Å². The zero-order valence-corrected chi connectivity index (χ0v) is 12.2. The Bertz CT molecular complexity index is 304. The molecule has 100 valence electrons. The number of methoxy groups -OCH3 is 2. The van der Waals surface area contributed by atoms with E-state index in [0.29, 0.717) is 0 Å². The Morgan fingerprint density at radius 3 is 2.00 bits per heavy atom. The molecule has 1 saturated carbocycles. The molecule has 0 bridgehead atoms. The second-order valence-corrected chi connectivity index (χ2v) is 7.24. The van der Waals surface area contributed by atoms with Gasteiger partial charge < -0.3 is 9.47 Å². The predicted octanol–water partition coefficient (Wildman–Crippen LogP) is 2.45. The van der Waals surface area contributed by atoms with E-state index in [1.165, 1.54) is 0 Å². The van der Waals surface area contributed by atoms with Gasteiger partial charge in [-0.2, -0.15) is 4.40 Å². The summed E-state index contributed by atoms with van der Waals surface area (Å²) in [5.41, 5.74) is 1.02. The Labute approximate surface area is 106 Å². The highest BCUT2D eigenvalue weighted by molar-refractivity contribution is 7.85. The first kappa shape index (κ1) is 14.8. The summed E-state index contributed by atoms with van der Waals surface area (Å²) in [4.78, 5) is 0. The van der Waals surface area contributed by atoms with Gasteiger partial charge in [-0.3, -0.25) is 0 Å². The molecule has 0 aliphatic heterocycles. The van der Waals surface area contributed by atoms with Crippen LogP contribution in [-0.4, -0.2) is 34.7 Å². The first-order valence-corrected chi connectivity index (χ1v) is 7.02. The summed E-state index contributed by atoms with van der Waals surface area (Å²) in [6.45, 7) is 5.81. The van der Waals surface area contributed by atoms with Gasteiger partial charge in [0.15, 0.2) is 5.79 Å². The topological polar surface area (TPSA) is 47.9 Å². The van der Waals surface area contributed by atoms with Crippen LogP contribution in [0.5, 0.6) is 0 Å². The third-order valence-electron chi connectivity index (χ3n) is 3.07. The van der Waals surface area contributed by atoms with E-state index in [4.69, 9.17) is 9.47 Å². The summed E-state index contributed by atoms with van der Waals surface area (Å²) in [6, 6.07) is 0. The molecule has 1 aliphatic rings. The lowest BCUT2D eigenvalue weighted by atomic mass is 9.92. The molecule has 0 heterocycles. The molecular formula is C12H23NO3S. The van der Waals surface area contributed by atoms with Crippen molar-refractivity contribution in [2.75, 3.05) is 14.2 Å². The van der Waals surface area contributed by atoms with Crippen LogP contribution in [0.4, 0.5) is 0 Å². The Balaban J connectivity index is 2.64. The van der Waals surface area contributed by atoms with Gasteiger partial charge in [0.1, 0.15) is 11.0 Å². The minimum atomic E-state index is -1.16. The standard InChI is InChI=1S/C12H23NO3S/c1-11(2,3)17(14)13-10-6-8-12(15-4,16-5)9-7-10/h6-9H2,1-5H3. The van der Waals surface area contributed by atoms with Crippen molar-refractivity contribution in [3.63, 3.8) is 0 Å². The fraction of sp³-hybridized carbons (Fsp3) is 0.917. The minimum Gasteiger partial charge on any atom is -0.353 e. The van der Waals surface area contributed by atoms with Crippen LogP contribution in [0.2, 0.25) is 0 Å². The van der Waals surface area contributed by atoms with E-state index in [2.05, 4.69) is 4.40 Å². The lowest BCUT2D eigenvalue weighted by Crippen LogP contribution is -2.38. The fourth-order valence-electron chi connectivity index (χ4n) is 1.76. The predicted molar refractivity (Wildman–Crippen MR) is 70.5 cm³/mol. The van der Waals surface area contributed by atoms with Gasteiger partial charge in [-0.1, -0.05) is 0 Å². The molecule has 0 aromatic carbocycles. The molecule has 0 aromatic heterocycles. The Morgan fingerprint density at radius 2 is 1.65 bits per heavy atom. The van der Waals surface area contributed by atoms with Gasteiger partial charge >= 0.3 is 0 Å². The first-order chi connectivity index (χ1) is 7.83. The van der Waals surface area contributed by atoms with Gasteiger partial charge in [0, 0.05) is 32.8 Å². The molecule has 17 heavy (non-hydrogen) atoms. The summed E-state index contributed by atoms with van der Waals surface area (Å²) in [5.74, 6) is -0.470. The molecule has 0 spiro atoms. The normalized spacial score (nSPS) is 22.3. The first-order valence-electron chi connectivity index (χ1n) is 5.92. The van der Waals surface area contributed by atoms with E-state index in [0.717, 1.165) is 31.4 Å². The molecule has 1 aliphatic carbocycles. The van der Waals surface area contributed by atoms with E-state index in [9.17, 15) is 4.21 Å². The van der Waals surface area contributed by atoms with Gasteiger partial charge in [0.05, 0.1) is 4.75 Å². The van der Waals surface area contributed by atoms with Gasteiger partial charge in [-0.05, 0) is 33.6 Å². The molecule has 1 atom stereocenters. The number of rotatable bonds is 3. The van der Waals surface area contributed by atoms with E-state index < -0.39 is 16.8 Å². The van der Waals surface area contributed by atoms with Crippen molar-refractivity contribution in [1.82, 2.24) is 0 Å². The Kier molecular flexibility index (Phi) is 4.86. The third kappa shape index (κ3) is 3.86. The molecule has 1 unspecified atom stereocenters. The Hall–Kier alpha value is -0.260. The maximum absolute atomic E-state index is 11.9. The van der Waals surface area contributed by atoms with Crippen molar-refractivity contribution in [3.05, 3.63) is 0 Å². The Morgan fingerprint density at radius 1 is 1.18 bits per heavy atom. The highest BCUT2D eigenvalue weighted by Crippen LogP contribution is 2.31.